The molecule has 1 aliphatic rings. The molecule has 0 saturated heterocycles. The maximum Gasteiger partial charge on any atom is 0.214 e. The molecule has 0 saturated carbocycles. The predicted molar refractivity (Wildman–Crippen MR) is 138 cm³/mol. The summed E-state index contributed by atoms with van der Waals surface area (Å²) in [7, 11) is -0.0130. The molecule has 34 heavy (non-hydrogen) atoms. The van der Waals surface area contributed by atoms with E-state index in [1.807, 2.05) is 51.4 Å². The zero-order chi connectivity index (χ0) is 24.3. The third kappa shape index (κ3) is 5.43. The lowest BCUT2D eigenvalue weighted by molar-refractivity contribution is 0.216. The maximum absolute atomic E-state index is 12.4. The van der Waals surface area contributed by atoms with Crippen molar-refractivity contribution in [2.45, 2.75) is 38.8 Å². The van der Waals surface area contributed by atoms with Gasteiger partial charge in [0.1, 0.15) is 10.8 Å². The number of fused-ring (bicyclic) bond motifs is 1. The number of anilines is 1. The van der Waals surface area contributed by atoms with Crippen LogP contribution in [-0.2, 0) is 21.2 Å². The molecule has 2 N–H and O–H groups in total. The molecule has 2 aromatic carbocycles. The Balaban J connectivity index is 1.59. The molecule has 1 heterocycles. The molecule has 0 unspecified atom stereocenters. The maximum atomic E-state index is 12.4. The Hall–Kier alpha value is -2.46. The fourth-order valence-electron chi connectivity index (χ4n) is 4.22. The molecular formula is C25H31N3O4S2. The van der Waals surface area contributed by atoms with Gasteiger partial charge in [-0.3, -0.25) is 0 Å². The number of sulfonamides is 1. The van der Waals surface area contributed by atoms with Crippen LogP contribution in [0.5, 0.6) is 5.75 Å². The van der Waals surface area contributed by atoms with E-state index in [2.05, 4.69) is 22.2 Å². The van der Waals surface area contributed by atoms with Gasteiger partial charge in [0.05, 0.1) is 29.0 Å². The minimum atomic E-state index is -3.40. The molecule has 1 aromatic heterocycles. The first-order valence-electron chi connectivity index (χ1n) is 11.4. The molecule has 0 aliphatic heterocycles. The number of methoxy groups -OCH3 is 1. The first-order valence-corrected chi connectivity index (χ1v) is 13.8. The third-order valence-corrected chi connectivity index (χ3v) is 8.21. The first kappa shape index (κ1) is 24.7. The third-order valence-electron chi connectivity index (χ3n) is 5.78. The van der Waals surface area contributed by atoms with Crippen molar-refractivity contribution in [3.05, 3.63) is 53.7 Å². The highest BCUT2D eigenvalue weighted by atomic mass is 32.2. The number of thiazole rings is 1. The molecule has 0 bridgehead atoms. The lowest BCUT2D eigenvalue weighted by Gasteiger charge is -2.15. The van der Waals surface area contributed by atoms with Gasteiger partial charge in [0.2, 0.25) is 10.0 Å². The molecule has 1 aliphatic carbocycles. The Kier molecular flexibility index (Phi) is 7.57. The standard InChI is InChI=1S/C25H31N3O4S2/c1-16(2)32-23-11-8-17(14-22(23)26-3)25-27-15-24(33-25)20-7-5-6-19-18(20)9-10-21(19)28-34(29,30)13-12-31-4/h5-8,11,14-16,21,26,28H,9-10,12-13H2,1-4H3/t21-/m0/s1. The average molecular weight is 502 g/mol. The van der Waals surface area contributed by atoms with E-state index in [0.29, 0.717) is 0 Å². The van der Waals surface area contributed by atoms with Crippen LogP contribution in [0.4, 0.5) is 5.69 Å². The highest BCUT2D eigenvalue weighted by Crippen LogP contribution is 2.41. The van der Waals surface area contributed by atoms with Crippen molar-refractivity contribution in [1.82, 2.24) is 9.71 Å². The summed E-state index contributed by atoms with van der Waals surface area (Å²) in [6.45, 7) is 4.19. The van der Waals surface area contributed by atoms with Gasteiger partial charge in [-0.1, -0.05) is 18.2 Å². The molecular weight excluding hydrogens is 470 g/mol. The largest absolute Gasteiger partial charge is 0.489 e. The van der Waals surface area contributed by atoms with Crippen molar-refractivity contribution in [1.29, 1.82) is 0 Å². The summed E-state index contributed by atoms with van der Waals surface area (Å²) in [4.78, 5) is 5.76. The zero-order valence-corrected chi connectivity index (χ0v) is 21.6. The van der Waals surface area contributed by atoms with Gasteiger partial charge in [0, 0.05) is 32.0 Å². The molecule has 9 heteroatoms. The molecule has 0 spiro atoms. The molecule has 0 amide bonds. The van der Waals surface area contributed by atoms with E-state index in [-0.39, 0.29) is 24.5 Å². The minimum Gasteiger partial charge on any atom is -0.489 e. The van der Waals surface area contributed by atoms with Crippen molar-refractivity contribution >= 4 is 27.0 Å². The summed E-state index contributed by atoms with van der Waals surface area (Å²) in [5, 5.41) is 4.13. The summed E-state index contributed by atoms with van der Waals surface area (Å²) in [6, 6.07) is 12.0. The number of nitrogens with zero attached hydrogens (tertiary/aromatic N) is 1. The topological polar surface area (TPSA) is 89.6 Å². The number of benzene rings is 2. The van der Waals surface area contributed by atoms with Gasteiger partial charge >= 0.3 is 0 Å². The molecule has 4 rings (SSSR count). The number of nitrogens with one attached hydrogen (secondary N) is 2. The molecule has 0 fully saturated rings. The van der Waals surface area contributed by atoms with E-state index in [1.54, 1.807) is 11.3 Å². The van der Waals surface area contributed by atoms with Gasteiger partial charge in [0.25, 0.3) is 0 Å². The van der Waals surface area contributed by atoms with Crippen molar-refractivity contribution in [3.63, 3.8) is 0 Å². The van der Waals surface area contributed by atoms with E-state index in [4.69, 9.17) is 14.5 Å². The number of aromatic nitrogens is 1. The Morgan fingerprint density at radius 2 is 2.06 bits per heavy atom. The van der Waals surface area contributed by atoms with Crippen LogP contribution in [0, 0.1) is 0 Å². The number of hydrogen-bond donors (Lipinski definition) is 2. The van der Waals surface area contributed by atoms with Gasteiger partial charge in [-0.05, 0) is 61.6 Å². The van der Waals surface area contributed by atoms with Crippen molar-refractivity contribution in [2.24, 2.45) is 0 Å². The lowest BCUT2D eigenvalue weighted by Crippen LogP contribution is -2.31. The summed E-state index contributed by atoms with van der Waals surface area (Å²) in [5.74, 6) is 0.779. The van der Waals surface area contributed by atoms with Crippen molar-refractivity contribution in [3.8, 4) is 26.8 Å². The van der Waals surface area contributed by atoms with Crippen molar-refractivity contribution in [2.75, 3.05) is 31.8 Å². The van der Waals surface area contributed by atoms with Crippen LogP contribution in [0.1, 0.15) is 37.4 Å². The number of ether oxygens (including phenoxy) is 2. The monoisotopic (exact) mass is 501 g/mol. The molecule has 7 nitrogen and oxygen atoms in total. The second-order valence-corrected chi connectivity index (χ2v) is 11.5. The number of rotatable bonds is 10. The van der Waals surface area contributed by atoms with E-state index in [1.165, 1.54) is 12.7 Å². The summed E-state index contributed by atoms with van der Waals surface area (Å²) in [5.41, 5.74) is 5.29. The van der Waals surface area contributed by atoms with Crippen molar-refractivity contribution < 1.29 is 17.9 Å². The van der Waals surface area contributed by atoms with Crippen LogP contribution in [0.3, 0.4) is 0 Å². The van der Waals surface area contributed by atoms with Crippen LogP contribution >= 0.6 is 11.3 Å². The normalized spacial score (nSPS) is 15.5. The Labute approximate surface area is 205 Å². The Morgan fingerprint density at radius 3 is 2.79 bits per heavy atom. The van der Waals surface area contributed by atoms with Gasteiger partial charge in [-0.15, -0.1) is 11.3 Å². The minimum absolute atomic E-state index is 0.0389. The molecule has 3 aromatic rings. The van der Waals surface area contributed by atoms with Crippen LogP contribution in [0.2, 0.25) is 0 Å². The lowest BCUT2D eigenvalue weighted by atomic mass is 10.0. The van der Waals surface area contributed by atoms with E-state index in [9.17, 15) is 8.42 Å². The second kappa shape index (κ2) is 10.4. The second-order valence-electron chi connectivity index (χ2n) is 8.55. The van der Waals surface area contributed by atoms with E-state index >= 15 is 0 Å². The quantitative estimate of drug-likeness (QED) is 0.412. The first-order chi connectivity index (χ1) is 16.3. The van der Waals surface area contributed by atoms with Gasteiger partial charge in [-0.25, -0.2) is 18.1 Å². The van der Waals surface area contributed by atoms with Gasteiger partial charge < -0.3 is 14.8 Å². The summed E-state index contributed by atoms with van der Waals surface area (Å²) in [6.07, 6.45) is 3.57. The van der Waals surface area contributed by atoms with Crippen LogP contribution in [-0.4, -0.2) is 46.0 Å². The fraction of sp³-hybridized carbons (Fsp3) is 0.400. The van der Waals surface area contributed by atoms with Crippen LogP contribution in [0.15, 0.2) is 42.6 Å². The molecule has 0 radical (unpaired) electrons. The highest BCUT2D eigenvalue weighted by Gasteiger charge is 2.28. The Morgan fingerprint density at radius 1 is 1.24 bits per heavy atom. The SMILES string of the molecule is CNc1cc(-c2ncc(-c3cccc4c3CC[C@@H]4NS(=O)(=O)CCOC)s2)ccc1OC(C)C. The smallest absolute Gasteiger partial charge is 0.214 e. The molecule has 182 valence electrons. The average Bonchev–Trinajstić information content (AvgIpc) is 3.45. The Bertz CT molecular complexity index is 1250. The number of hydrogen-bond acceptors (Lipinski definition) is 7. The highest BCUT2D eigenvalue weighted by molar-refractivity contribution is 7.89. The fourth-order valence-corrected chi connectivity index (χ4v) is 6.37. The van der Waals surface area contributed by atoms with Gasteiger partial charge in [-0.2, -0.15) is 0 Å². The molecule has 1 atom stereocenters. The van der Waals surface area contributed by atoms with Gasteiger partial charge in [0.15, 0.2) is 0 Å². The zero-order valence-electron chi connectivity index (χ0n) is 19.9. The van der Waals surface area contributed by atoms with E-state index in [0.717, 1.165) is 50.9 Å². The summed E-state index contributed by atoms with van der Waals surface area (Å²) < 4.78 is 38.4. The van der Waals surface area contributed by atoms with E-state index < -0.39 is 10.0 Å². The summed E-state index contributed by atoms with van der Waals surface area (Å²) >= 11 is 1.63. The van der Waals surface area contributed by atoms with Crippen LogP contribution < -0.4 is 14.8 Å². The predicted octanol–water partition coefficient (Wildman–Crippen LogP) is 4.86. The van der Waals surface area contributed by atoms with Crippen LogP contribution in [0.25, 0.3) is 21.0 Å².